The zero-order valence-electron chi connectivity index (χ0n) is 14.4. The molecule has 4 nitrogen and oxygen atoms in total. The van der Waals surface area contributed by atoms with Gasteiger partial charge in [-0.25, -0.2) is 4.79 Å². The number of esters is 1. The summed E-state index contributed by atoms with van der Waals surface area (Å²) in [7, 11) is 0. The third-order valence-electron chi connectivity index (χ3n) is 5.12. The highest BCUT2D eigenvalue weighted by Crippen LogP contribution is 2.22. The van der Waals surface area contributed by atoms with Gasteiger partial charge in [0.05, 0.1) is 5.56 Å². The van der Waals surface area contributed by atoms with Crippen molar-refractivity contribution in [3.8, 4) is 0 Å². The Balaban J connectivity index is 1.53. The van der Waals surface area contributed by atoms with Crippen molar-refractivity contribution >= 4 is 11.9 Å². The van der Waals surface area contributed by atoms with E-state index in [0.717, 1.165) is 38.8 Å². The van der Waals surface area contributed by atoms with E-state index in [0.29, 0.717) is 5.56 Å². The molecular weight excluding hydrogens is 302 g/mol. The van der Waals surface area contributed by atoms with E-state index in [9.17, 15) is 9.59 Å². The summed E-state index contributed by atoms with van der Waals surface area (Å²) >= 11 is 0. The predicted molar refractivity (Wildman–Crippen MR) is 93.0 cm³/mol. The zero-order chi connectivity index (χ0) is 16.8. The first kappa shape index (κ1) is 17.0. The van der Waals surface area contributed by atoms with Gasteiger partial charge in [0.15, 0.2) is 6.61 Å². The van der Waals surface area contributed by atoms with Crippen LogP contribution < -0.4 is 0 Å². The molecule has 1 aliphatic carbocycles. The van der Waals surface area contributed by atoms with E-state index in [1.54, 1.807) is 0 Å². The summed E-state index contributed by atoms with van der Waals surface area (Å²) in [6.45, 7) is 1.43. The Kier molecular flexibility index (Phi) is 5.89. The van der Waals surface area contributed by atoms with Crippen molar-refractivity contribution in [2.45, 2.75) is 57.8 Å². The second kappa shape index (κ2) is 8.32. The average Bonchev–Trinajstić information content (AvgIpc) is 2.58. The number of aryl methyl sites for hydroxylation is 2. The molecule has 1 aromatic rings. The molecule has 0 bridgehead atoms. The summed E-state index contributed by atoms with van der Waals surface area (Å²) in [5.74, 6) is -0.452. The first-order chi connectivity index (χ1) is 11.7. The molecule has 1 aliphatic heterocycles. The molecule has 3 rings (SSSR count). The van der Waals surface area contributed by atoms with Gasteiger partial charge in [-0.3, -0.25) is 4.79 Å². The van der Waals surface area contributed by atoms with E-state index in [-0.39, 0.29) is 18.5 Å². The summed E-state index contributed by atoms with van der Waals surface area (Å²) in [6.07, 6.45) is 10.2. The highest BCUT2D eigenvalue weighted by Gasteiger charge is 2.18. The quantitative estimate of drug-likeness (QED) is 0.797. The number of rotatable bonds is 3. The number of ether oxygens (including phenoxy) is 1. The fourth-order valence-electron chi connectivity index (χ4n) is 3.66. The van der Waals surface area contributed by atoms with Gasteiger partial charge in [0, 0.05) is 13.1 Å². The summed E-state index contributed by atoms with van der Waals surface area (Å²) in [4.78, 5) is 26.4. The third-order valence-corrected chi connectivity index (χ3v) is 5.12. The van der Waals surface area contributed by atoms with Crippen LogP contribution >= 0.6 is 0 Å². The van der Waals surface area contributed by atoms with Crippen LogP contribution in [0.3, 0.4) is 0 Å². The molecule has 0 spiro atoms. The van der Waals surface area contributed by atoms with Crippen LogP contribution in [0.25, 0.3) is 0 Å². The minimum Gasteiger partial charge on any atom is -0.452 e. The number of amides is 1. The van der Waals surface area contributed by atoms with Gasteiger partial charge in [0.25, 0.3) is 5.91 Å². The molecule has 1 aromatic carbocycles. The standard InChI is InChI=1S/C20H27NO3/c22-19(21-12-6-2-1-3-7-13-21)15-24-20(23)18-11-10-16-8-4-5-9-17(16)14-18/h10-11,14H,1-9,12-13,15H2. The SMILES string of the molecule is O=C(OCC(=O)N1CCCCCCC1)c1ccc2c(c1)CCCC2. The number of hydrogen-bond donors (Lipinski definition) is 0. The molecule has 130 valence electrons. The van der Waals surface area contributed by atoms with Crippen LogP contribution in [-0.2, 0) is 22.4 Å². The molecule has 0 unspecified atom stereocenters. The average molecular weight is 329 g/mol. The van der Waals surface area contributed by atoms with E-state index in [2.05, 4.69) is 0 Å². The largest absolute Gasteiger partial charge is 0.452 e. The van der Waals surface area contributed by atoms with Gasteiger partial charge in [-0.1, -0.05) is 25.3 Å². The van der Waals surface area contributed by atoms with E-state index in [1.807, 2.05) is 23.1 Å². The zero-order valence-corrected chi connectivity index (χ0v) is 14.4. The predicted octanol–water partition coefficient (Wildman–Crippen LogP) is 3.51. The maximum atomic E-state index is 12.3. The molecule has 24 heavy (non-hydrogen) atoms. The summed E-state index contributed by atoms with van der Waals surface area (Å²) in [6, 6.07) is 5.80. The molecule has 4 heteroatoms. The number of fused-ring (bicyclic) bond motifs is 1. The van der Waals surface area contributed by atoms with Gasteiger partial charge in [0.2, 0.25) is 0 Å². The number of likely N-dealkylation sites (tertiary alicyclic amines) is 1. The first-order valence-corrected chi connectivity index (χ1v) is 9.31. The van der Waals surface area contributed by atoms with Gasteiger partial charge >= 0.3 is 5.97 Å². The van der Waals surface area contributed by atoms with Gasteiger partial charge in [0.1, 0.15) is 0 Å². The molecule has 1 heterocycles. The summed E-state index contributed by atoms with van der Waals surface area (Å²) in [5, 5.41) is 0. The summed E-state index contributed by atoms with van der Waals surface area (Å²) in [5.41, 5.74) is 3.16. The second-order valence-electron chi connectivity index (χ2n) is 6.92. The molecule has 1 saturated heterocycles. The Labute approximate surface area is 144 Å². The van der Waals surface area contributed by atoms with Crippen molar-refractivity contribution in [1.82, 2.24) is 4.90 Å². The Hall–Kier alpha value is -1.84. The molecule has 0 atom stereocenters. The molecule has 1 amide bonds. The number of hydrogen-bond acceptors (Lipinski definition) is 3. The lowest BCUT2D eigenvalue weighted by Gasteiger charge is -2.24. The molecule has 0 N–H and O–H groups in total. The van der Waals surface area contributed by atoms with Crippen LogP contribution in [0.1, 0.15) is 66.4 Å². The molecule has 2 aliphatic rings. The number of benzene rings is 1. The Morgan fingerprint density at radius 1 is 0.875 bits per heavy atom. The number of nitrogens with zero attached hydrogens (tertiary/aromatic N) is 1. The number of carbonyl (C=O) groups excluding carboxylic acids is 2. The van der Waals surface area contributed by atoms with E-state index >= 15 is 0 Å². The van der Waals surface area contributed by atoms with E-state index < -0.39 is 0 Å². The minimum absolute atomic E-state index is 0.0665. The molecule has 0 aromatic heterocycles. The van der Waals surface area contributed by atoms with Gasteiger partial charge in [-0.15, -0.1) is 0 Å². The Bertz CT molecular complexity index is 589. The monoisotopic (exact) mass is 329 g/mol. The Morgan fingerprint density at radius 3 is 2.29 bits per heavy atom. The number of carbonyl (C=O) groups is 2. The van der Waals surface area contributed by atoms with Gasteiger partial charge in [-0.05, 0) is 61.8 Å². The van der Waals surface area contributed by atoms with Crippen LogP contribution in [0.15, 0.2) is 18.2 Å². The van der Waals surface area contributed by atoms with Crippen molar-refractivity contribution < 1.29 is 14.3 Å². The topological polar surface area (TPSA) is 46.6 Å². The van der Waals surface area contributed by atoms with Crippen molar-refractivity contribution in [2.24, 2.45) is 0 Å². The van der Waals surface area contributed by atoms with Crippen LogP contribution in [0, 0.1) is 0 Å². The molecule has 0 radical (unpaired) electrons. The first-order valence-electron chi connectivity index (χ1n) is 9.31. The van der Waals surface area contributed by atoms with E-state index in [4.69, 9.17) is 4.74 Å². The lowest BCUT2D eigenvalue weighted by molar-refractivity contribution is -0.134. The van der Waals surface area contributed by atoms with Gasteiger partial charge < -0.3 is 9.64 Å². The molecule has 1 fully saturated rings. The fourth-order valence-corrected chi connectivity index (χ4v) is 3.66. The highest BCUT2D eigenvalue weighted by molar-refractivity contribution is 5.91. The summed E-state index contributed by atoms with van der Waals surface area (Å²) < 4.78 is 5.28. The van der Waals surface area contributed by atoms with Crippen LogP contribution in [0.2, 0.25) is 0 Å². The van der Waals surface area contributed by atoms with Crippen LogP contribution in [0.4, 0.5) is 0 Å². The second-order valence-corrected chi connectivity index (χ2v) is 6.92. The molecular formula is C20H27NO3. The maximum absolute atomic E-state index is 12.3. The van der Waals surface area contributed by atoms with Crippen molar-refractivity contribution in [1.29, 1.82) is 0 Å². The molecule has 0 saturated carbocycles. The van der Waals surface area contributed by atoms with Crippen LogP contribution in [0.5, 0.6) is 0 Å². The fraction of sp³-hybridized carbons (Fsp3) is 0.600. The normalized spacial score (nSPS) is 18.2. The highest BCUT2D eigenvalue weighted by atomic mass is 16.5. The van der Waals surface area contributed by atoms with E-state index in [1.165, 1.54) is 43.2 Å². The lowest BCUT2D eigenvalue weighted by atomic mass is 9.90. The van der Waals surface area contributed by atoms with Crippen molar-refractivity contribution in [3.05, 3.63) is 34.9 Å². The minimum atomic E-state index is -0.385. The van der Waals surface area contributed by atoms with Crippen molar-refractivity contribution in [3.63, 3.8) is 0 Å². The van der Waals surface area contributed by atoms with Crippen molar-refractivity contribution in [2.75, 3.05) is 19.7 Å². The maximum Gasteiger partial charge on any atom is 0.338 e. The van der Waals surface area contributed by atoms with Gasteiger partial charge in [-0.2, -0.15) is 0 Å². The van der Waals surface area contributed by atoms with Crippen LogP contribution in [-0.4, -0.2) is 36.5 Å². The third kappa shape index (κ3) is 4.37. The lowest BCUT2D eigenvalue weighted by Crippen LogP contribution is -2.36. The Morgan fingerprint density at radius 2 is 1.54 bits per heavy atom. The smallest absolute Gasteiger partial charge is 0.338 e.